The Morgan fingerprint density at radius 1 is 1.38 bits per heavy atom. The fourth-order valence-corrected chi connectivity index (χ4v) is 1.62. The van der Waals surface area contributed by atoms with Crippen molar-refractivity contribution in [3.8, 4) is 11.5 Å². The maximum atomic E-state index is 11.2. The van der Waals surface area contributed by atoms with Gasteiger partial charge in [-0.1, -0.05) is 0 Å². The van der Waals surface area contributed by atoms with E-state index < -0.39 is 0 Å². The molecule has 0 aliphatic heterocycles. The molecule has 4 nitrogen and oxygen atoms in total. The fourth-order valence-electron chi connectivity index (χ4n) is 1.62. The number of phenolic OH excluding ortho intramolecular Hbond substituents is 1. The second-order valence-corrected chi connectivity index (χ2v) is 3.60. The first kappa shape index (κ1) is 12.4. The van der Waals surface area contributed by atoms with Crippen molar-refractivity contribution in [1.29, 1.82) is 0 Å². The van der Waals surface area contributed by atoms with Crippen molar-refractivity contribution in [1.82, 2.24) is 0 Å². The molecule has 1 aromatic carbocycles. The molecule has 0 saturated heterocycles. The highest BCUT2D eigenvalue weighted by Gasteiger charge is 2.15. The first-order chi connectivity index (χ1) is 7.51. The van der Waals surface area contributed by atoms with E-state index in [0.717, 1.165) is 11.1 Å². The third-order valence-corrected chi connectivity index (χ3v) is 2.63. The lowest BCUT2D eigenvalue weighted by atomic mass is 9.98. The van der Waals surface area contributed by atoms with Crippen LogP contribution in [-0.2, 0) is 16.0 Å². The van der Waals surface area contributed by atoms with Crippen LogP contribution in [0, 0.1) is 13.8 Å². The first-order valence-electron chi connectivity index (χ1n) is 4.94. The summed E-state index contributed by atoms with van der Waals surface area (Å²) in [7, 11) is 2.84. The molecule has 0 atom stereocenters. The number of aromatic hydroxyl groups is 1. The second kappa shape index (κ2) is 4.88. The van der Waals surface area contributed by atoms with Gasteiger partial charge in [0, 0.05) is 0 Å². The minimum atomic E-state index is -0.323. The number of aryl methyl sites for hydroxylation is 1. The van der Waals surface area contributed by atoms with Crippen molar-refractivity contribution in [2.24, 2.45) is 0 Å². The smallest absolute Gasteiger partial charge is 0.309 e. The summed E-state index contributed by atoms with van der Waals surface area (Å²) < 4.78 is 9.64. The molecular formula is C12H16O4. The maximum Gasteiger partial charge on any atom is 0.309 e. The van der Waals surface area contributed by atoms with Gasteiger partial charge in [0.1, 0.15) is 0 Å². The van der Waals surface area contributed by atoms with Gasteiger partial charge in [0.15, 0.2) is 11.5 Å². The van der Waals surface area contributed by atoms with Crippen LogP contribution in [0.1, 0.15) is 16.7 Å². The zero-order chi connectivity index (χ0) is 12.3. The lowest BCUT2D eigenvalue weighted by Gasteiger charge is -2.13. The lowest BCUT2D eigenvalue weighted by molar-refractivity contribution is -0.139. The third-order valence-electron chi connectivity index (χ3n) is 2.63. The summed E-state index contributed by atoms with van der Waals surface area (Å²) in [5.74, 6) is 0.173. The number of esters is 1. The molecule has 1 N–H and O–H groups in total. The van der Waals surface area contributed by atoms with E-state index in [1.54, 1.807) is 13.0 Å². The molecule has 0 bridgehead atoms. The Labute approximate surface area is 94.8 Å². The van der Waals surface area contributed by atoms with Gasteiger partial charge >= 0.3 is 5.97 Å². The summed E-state index contributed by atoms with van der Waals surface area (Å²) in [5.41, 5.74) is 2.34. The predicted octanol–water partition coefficient (Wildman–Crippen LogP) is 1.73. The van der Waals surface area contributed by atoms with Crippen LogP contribution >= 0.6 is 0 Å². The van der Waals surface area contributed by atoms with E-state index in [0.29, 0.717) is 11.3 Å². The summed E-state index contributed by atoms with van der Waals surface area (Å²) in [6, 6.07) is 1.71. The zero-order valence-electron chi connectivity index (χ0n) is 9.96. The number of carbonyl (C=O) groups excluding carboxylic acids is 1. The van der Waals surface area contributed by atoms with E-state index in [4.69, 9.17) is 4.74 Å². The SMILES string of the molecule is COC(=O)Cc1c(C)cc(OC)c(O)c1C. The first-order valence-corrected chi connectivity index (χ1v) is 4.94. The maximum absolute atomic E-state index is 11.2. The van der Waals surface area contributed by atoms with Gasteiger partial charge in [-0.15, -0.1) is 0 Å². The molecule has 0 aliphatic rings. The van der Waals surface area contributed by atoms with Crippen LogP contribution in [0.5, 0.6) is 11.5 Å². The summed E-state index contributed by atoms with van der Waals surface area (Å²) in [5, 5.41) is 9.81. The normalized spacial score (nSPS) is 10.0. The quantitative estimate of drug-likeness (QED) is 0.794. The van der Waals surface area contributed by atoms with Gasteiger partial charge in [-0.3, -0.25) is 4.79 Å². The van der Waals surface area contributed by atoms with Crippen LogP contribution in [0.4, 0.5) is 0 Å². The molecule has 1 aromatic rings. The largest absolute Gasteiger partial charge is 0.504 e. The van der Waals surface area contributed by atoms with Gasteiger partial charge in [-0.2, -0.15) is 0 Å². The second-order valence-electron chi connectivity index (χ2n) is 3.60. The summed E-state index contributed by atoms with van der Waals surface area (Å²) in [6.07, 6.45) is 0.158. The van der Waals surface area contributed by atoms with Gasteiger partial charge in [0.2, 0.25) is 0 Å². The minimum absolute atomic E-state index is 0.0759. The fraction of sp³-hybridized carbons (Fsp3) is 0.417. The Bertz CT molecular complexity index is 410. The number of hydrogen-bond donors (Lipinski definition) is 1. The molecule has 0 aliphatic carbocycles. The van der Waals surface area contributed by atoms with E-state index in [9.17, 15) is 9.90 Å². The number of hydrogen-bond acceptors (Lipinski definition) is 4. The molecule has 0 saturated carbocycles. The molecule has 1 rings (SSSR count). The van der Waals surface area contributed by atoms with E-state index >= 15 is 0 Å². The highest BCUT2D eigenvalue weighted by Crippen LogP contribution is 2.34. The lowest BCUT2D eigenvalue weighted by Crippen LogP contribution is -2.08. The van der Waals surface area contributed by atoms with Crippen LogP contribution in [0.15, 0.2) is 6.07 Å². The van der Waals surface area contributed by atoms with E-state index in [1.165, 1.54) is 14.2 Å². The third kappa shape index (κ3) is 2.27. The minimum Gasteiger partial charge on any atom is -0.504 e. The van der Waals surface area contributed by atoms with Gasteiger partial charge in [0.05, 0.1) is 20.6 Å². The van der Waals surface area contributed by atoms with Gasteiger partial charge in [-0.05, 0) is 36.6 Å². The van der Waals surface area contributed by atoms with Crippen molar-refractivity contribution in [3.05, 3.63) is 22.8 Å². The van der Waals surface area contributed by atoms with Crippen LogP contribution < -0.4 is 4.74 Å². The Morgan fingerprint density at radius 2 is 2.00 bits per heavy atom. The van der Waals surface area contributed by atoms with Crippen molar-refractivity contribution in [2.75, 3.05) is 14.2 Å². The standard InChI is InChI=1S/C12H16O4/c1-7-5-10(15-3)12(14)8(2)9(7)6-11(13)16-4/h5,14H,6H2,1-4H3. The van der Waals surface area contributed by atoms with Crippen LogP contribution in [0.3, 0.4) is 0 Å². The van der Waals surface area contributed by atoms with Gasteiger partial charge < -0.3 is 14.6 Å². The molecule has 0 spiro atoms. The molecule has 0 aromatic heterocycles. The van der Waals surface area contributed by atoms with Crippen molar-refractivity contribution in [2.45, 2.75) is 20.3 Å². The molecule has 0 heterocycles. The number of benzene rings is 1. The van der Waals surface area contributed by atoms with E-state index in [1.807, 2.05) is 6.92 Å². The summed E-state index contributed by atoms with van der Waals surface area (Å²) in [6.45, 7) is 3.62. The number of phenols is 1. The number of rotatable bonds is 3. The Hall–Kier alpha value is -1.71. The highest BCUT2D eigenvalue weighted by molar-refractivity contribution is 5.74. The van der Waals surface area contributed by atoms with E-state index in [2.05, 4.69) is 4.74 Å². The molecule has 0 unspecified atom stereocenters. The van der Waals surface area contributed by atoms with Crippen molar-refractivity contribution < 1.29 is 19.4 Å². The van der Waals surface area contributed by atoms with Crippen LogP contribution in [0.2, 0.25) is 0 Å². The Kier molecular flexibility index (Phi) is 3.77. The van der Waals surface area contributed by atoms with Gasteiger partial charge in [-0.25, -0.2) is 0 Å². The summed E-state index contributed by atoms with van der Waals surface area (Å²) in [4.78, 5) is 11.2. The molecule has 88 valence electrons. The zero-order valence-corrected chi connectivity index (χ0v) is 9.96. The average molecular weight is 224 g/mol. The number of methoxy groups -OCH3 is 2. The number of ether oxygens (including phenoxy) is 2. The van der Waals surface area contributed by atoms with Crippen molar-refractivity contribution in [3.63, 3.8) is 0 Å². The summed E-state index contributed by atoms with van der Waals surface area (Å²) >= 11 is 0. The predicted molar refractivity (Wildman–Crippen MR) is 59.9 cm³/mol. The van der Waals surface area contributed by atoms with E-state index in [-0.39, 0.29) is 18.1 Å². The van der Waals surface area contributed by atoms with Crippen LogP contribution in [0.25, 0.3) is 0 Å². The topological polar surface area (TPSA) is 55.8 Å². The Balaban J connectivity index is 3.20. The molecule has 0 radical (unpaired) electrons. The molecular weight excluding hydrogens is 208 g/mol. The molecule has 4 heteroatoms. The average Bonchev–Trinajstić information content (AvgIpc) is 2.28. The molecule has 0 amide bonds. The highest BCUT2D eigenvalue weighted by atomic mass is 16.5. The number of carbonyl (C=O) groups is 1. The van der Waals surface area contributed by atoms with Crippen molar-refractivity contribution >= 4 is 5.97 Å². The van der Waals surface area contributed by atoms with Crippen LogP contribution in [-0.4, -0.2) is 25.3 Å². The molecule has 16 heavy (non-hydrogen) atoms. The van der Waals surface area contributed by atoms with Gasteiger partial charge in [0.25, 0.3) is 0 Å². The Morgan fingerprint density at radius 3 is 2.50 bits per heavy atom. The molecule has 0 fully saturated rings. The monoisotopic (exact) mass is 224 g/mol.